The molecule has 0 spiro atoms. The molecule has 1 aromatic heterocycles. The van der Waals surface area contributed by atoms with E-state index in [4.69, 9.17) is 0 Å². The van der Waals surface area contributed by atoms with E-state index >= 15 is 0 Å². The molecule has 0 aliphatic heterocycles. The van der Waals surface area contributed by atoms with Crippen molar-refractivity contribution < 1.29 is 4.79 Å². The van der Waals surface area contributed by atoms with Gasteiger partial charge in [-0.15, -0.1) is 0 Å². The van der Waals surface area contributed by atoms with E-state index in [0.717, 1.165) is 18.5 Å². The van der Waals surface area contributed by atoms with Crippen molar-refractivity contribution >= 4 is 5.78 Å². The standard InChI is InChI=1S/C17H29NO/c1-3-5-6-7-8-9-10-13-18-14-12-16(15-18)17(19)11-4-2/h12,14-15H,3-11,13H2,1-2H3. The molecule has 0 fully saturated rings. The molecule has 2 heteroatoms. The average molecular weight is 263 g/mol. The molecule has 0 bridgehead atoms. The van der Waals surface area contributed by atoms with Crippen LogP contribution in [0.4, 0.5) is 0 Å². The lowest BCUT2D eigenvalue weighted by Crippen LogP contribution is -1.98. The summed E-state index contributed by atoms with van der Waals surface area (Å²) in [4.78, 5) is 11.7. The van der Waals surface area contributed by atoms with Crippen molar-refractivity contribution in [2.75, 3.05) is 0 Å². The van der Waals surface area contributed by atoms with Crippen LogP contribution in [-0.4, -0.2) is 10.4 Å². The first-order valence-corrected chi connectivity index (χ1v) is 7.97. The fraction of sp³-hybridized carbons (Fsp3) is 0.706. The monoisotopic (exact) mass is 263 g/mol. The number of nitrogens with zero attached hydrogens (tertiary/aromatic N) is 1. The van der Waals surface area contributed by atoms with Crippen molar-refractivity contribution in [3.63, 3.8) is 0 Å². The largest absolute Gasteiger partial charge is 0.354 e. The Morgan fingerprint density at radius 2 is 1.68 bits per heavy atom. The van der Waals surface area contributed by atoms with Gasteiger partial charge < -0.3 is 4.57 Å². The zero-order valence-electron chi connectivity index (χ0n) is 12.7. The summed E-state index contributed by atoms with van der Waals surface area (Å²) in [6.07, 6.45) is 15.0. The number of aromatic nitrogens is 1. The number of aryl methyl sites for hydroxylation is 1. The lowest BCUT2D eigenvalue weighted by atomic mass is 10.1. The van der Waals surface area contributed by atoms with Crippen LogP contribution in [0.15, 0.2) is 18.5 Å². The zero-order valence-corrected chi connectivity index (χ0v) is 12.7. The highest BCUT2D eigenvalue weighted by atomic mass is 16.1. The number of carbonyl (C=O) groups excluding carboxylic acids is 1. The van der Waals surface area contributed by atoms with Gasteiger partial charge >= 0.3 is 0 Å². The normalized spacial score (nSPS) is 10.8. The molecule has 1 aromatic rings. The summed E-state index contributed by atoms with van der Waals surface area (Å²) in [5.74, 6) is 0.279. The van der Waals surface area contributed by atoms with Crippen molar-refractivity contribution in [3.8, 4) is 0 Å². The third-order valence-corrected chi connectivity index (χ3v) is 3.57. The van der Waals surface area contributed by atoms with Gasteiger partial charge in [0, 0.05) is 30.9 Å². The molecule has 2 nitrogen and oxygen atoms in total. The Morgan fingerprint density at radius 1 is 1.00 bits per heavy atom. The third-order valence-electron chi connectivity index (χ3n) is 3.57. The van der Waals surface area contributed by atoms with Crippen molar-refractivity contribution in [2.24, 2.45) is 0 Å². The van der Waals surface area contributed by atoms with E-state index in [2.05, 4.69) is 11.5 Å². The van der Waals surface area contributed by atoms with E-state index in [1.807, 2.05) is 25.4 Å². The molecule has 0 amide bonds. The molecular formula is C17H29NO. The Morgan fingerprint density at radius 3 is 2.37 bits per heavy atom. The second-order valence-electron chi connectivity index (χ2n) is 5.43. The summed E-state index contributed by atoms with van der Waals surface area (Å²) >= 11 is 0. The summed E-state index contributed by atoms with van der Waals surface area (Å²) in [6.45, 7) is 5.35. The Labute approximate surface area is 118 Å². The fourth-order valence-corrected chi connectivity index (χ4v) is 2.37. The van der Waals surface area contributed by atoms with Crippen LogP contribution in [0.3, 0.4) is 0 Å². The Balaban J connectivity index is 2.14. The van der Waals surface area contributed by atoms with Gasteiger partial charge in [-0.1, -0.05) is 52.4 Å². The third kappa shape index (κ3) is 6.60. The van der Waals surface area contributed by atoms with Crippen molar-refractivity contribution in [1.29, 1.82) is 0 Å². The molecule has 0 unspecified atom stereocenters. The van der Waals surface area contributed by atoms with Gasteiger partial charge in [0.05, 0.1) is 0 Å². The number of unbranched alkanes of at least 4 members (excludes halogenated alkanes) is 6. The van der Waals surface area contributed by atoms with Gasteiger partial charge in [0.25, 0.3) is 0 Å². The van der Waals surface area contributed by atoms with Crippen LogP contribution in [0.2, 0.25) is 0 Å². The topological polar surface area (TPSA) is 22.0 Å². The SMILES string of the molecule is CCCCCCCCCn1ccc(C(=O)CCC)c1. The highest BCUT2D eigenvalue weighted by Gasteiger charge is 2.05. The van der Waals surface area contributed by atoms with Gasteiger partial charge in [0.15, 0.2) is 5.78 Å². The minimum Gasteiger partial charge on any atom is -0.354 e. The van der Waals surface area contributed by atoms with Gasteiger partial charge in [0.1, 0.15) is 0 Å². The maximum atomic E-state index is 11.7. The van der Waals surface area contributed by atoms with Gasteiger partial charge in [0.2, 0.25) is 0 Å². The van der Waals surface area contributed by atoms with Gasteiger partial charge in [-0.05, 0) is 18.9 Å². The first-order chi connectivity index (χ1) is 9.27. The predicted octanol–water partition coefficient (Wildman–Crippen LogP) is 5.22. The number of ketones is 1. The fourth-order valence-electron chi connectivity index (χ4n) is 2.37. The molecule has 0 N–H and O–H groups in total. The maximum Gasteiger partial charge on any atom is 0.164 e. The Bertz CT molecular complexity index is 354. The van der Waals surface area contributed by atoms with Crippen LogP contribution in [0.5, 0.6) is 0 Å². The molecule has 0 radical (unpaired) electrons. The Kier molecular flexibility index (Phi) is 8.28. The van der Waals surface area contributed by atoms with Crippen LogP contribution in [0.1, 0.15) is 82.0 Å². The Hall–Kier alpha value is -1.05. The molecule has 19 heavy (non-hydrogen) atoms. The summed E-state index contributed by atoms with van der Waals surface area (Å²) in [7, 11) is 0. The number of carbonyl (C=O) groups is 1. The summed E-state index contributed by atoms with van der Waals surface area (Å²) in [5.41, 5.74) is 0.879. The molecule has 0 saturated carbocycles. The zero-order chi connectivity index (χ0) is 13.9. The molecule has 0 aromatic carbocycles. The summed E-state index contributed by atoms with van der Waals surface area (Å²) in [6, 6.07) is 1.96. The molecule has 0 aliphatic carbocycles. The minimum atomic E-state index is 0.279. The second-order valence-corrected chi connectivity index (χ2v) is 5.43. The van der Waals surface area contributed by atoms with Gasteiger partial charge in [-0.25, -0.2) is 0 Å². The number of rotatable bonds is 11. The second kappa shape index (κ2) is 9.82. The van der Waals surface area contributed by atoms with Crippen LogP contribution in [0, 0.1) is 0 Å². The predicted molar refractivity (Wildman–Crippen MR) is 81.7 cm³/mol. The van der Waals surface area contributed by atoms with Gasteiger partial charge in [-0.2, -0.15) is 0 Å². The van der Waals surface area contributed by atoms with E-state index in [-0.39, 0.29) is 5.78 Å². The van der Waals surface area contributed by atoms with Crippen molar-refractivity contribution in [1.82, 2.24) is 4.57 Å². The number of hydrogen-bond acceptors (Lipinski definition) is 1. The molecule has 108 valence electrons. The smallest absolute Gasteiger partial charge is 0.164 e. The lowest BCUT2D eigenvalue weighted by molar-refractivity contribution is 0.0981. The molecular weight excluding hydrogens is 234 g/mol. The van der Waals surface area contributed by atoms with E-state index in [1.54, 1.807) is 0 Å². The van der Waals surface area contributed by atoms with E-state index < -0.39 is 0 Å². The number of hydrogen-bond donors (Lipinski definition) is 0. The molecule has 0 aliphatic rings. The quantitative estimate of drug-likeness (QED) is 0.396. The van der Waals surface area contributed by atoms with Crippen LogP contribution in [0.25, 0.3) is 0 Å². The van der Waals surface area contributed by atoms with E-state index in [9.17, 15) is 4.79 Å². The molecule has 1 rings (SSSR count). The summed E-state index contributed by atoms with van der Waals surface area (Å²) in [5, 5.41) is 0. The van der Waals surface area contributed by atoms with Crippen molar-refractivity contribution in [2.45, 2.75) is 78.2 Å². The van der Waals surface area contributed by atoms with Gasteiger partial charge in [-0.3, -0.25) is 4.79 Å². The minimum absolute atomic E-state index is 0.279. The van der Waals surface area contributed by atoms with Crippen LogP contribution in [-0.2, 0) is 6.54 Å². The number of Topliss-reactive ketones (excluding diaryl/α,β-unsaturated/α-hetero) is 1. The molecule has 0 atom stereocenters. The average Bonchev–Trinajstić information content (AvgIpc) is 2.87. The van der Waals surface area contributed by atoms with E-state index in [0.29, 0.717) is 6.42 Å². The summed E-state index contributed by atoms with van der Waals surface area (Å²) < 4.78 is 2.16. The van der Waals surface area contributed by atoms with Crippen LogP contribution < -0.4 is 0 Å². The molecule has 1 heterocycles. The highest BCUT2D eigenvalue weighted by Crippen LogP contribution is 2.10. The first-order valence-electron chi connectivity index (χ1n) is 7.97. The maximum absolute atomic E-state index is 11.7. The lowest BCUT2D eigenvalue weighted by Gasteiger charge is -2.03. The van der Waals surface area contributed by atoms with Crippen LogP contribution >= 0.6 is 0 Å². The highest BCUT2D eigenvalue weighted by molar-refractivity contribution is 5.95. The van der Waals surface area contributed by atoms with E-state index in [1.165, 1.54) is 44.9 Å². The first kappa shape index (κ1) is 16.0. The van der Waals surface area contributed by atoms with Crippen molar-refractivity contribution in [3.05, 3.63) is 24.0 Å². The molecule has 0 saturated heterocycles.